The second kappa shape index (κ2) is 11.8. The van der Waals surface area contributed by atoms with Crippen molar-refractivity contribution < 1.29 is 50.1 Å². The number of carbonyl (C=O) groups is 3. The number of carbonyl (C=O) groups excluding carboxylic acids is 2. The number of nitrogens with zero attached hydrogens (tertiary/aromatic N) is 1. The second-order valence-electron chi connectivity index (χ2n) is 6.14. The zero-order chi connectivity index (χ0) is 21.1. The minimum Gasteiger partial charge on any atom is -0.480 e. The van der Waals surface area contributed by atoms with Gasteiger partial charge in [0.25, 0.3) is 0 Å². The van der Waals surface area contributed by atoms with Crippen LogP contribution in [0.1, 0.15) is 0 Å². The summed E-state index contributed by atoms with van der Waals surface area (Å²) in [7, 11) is 0. The fourth-order valence-corrected chi connectivity index (χ4v) is 1.97. The molecule has 13 nitrogen and oxygen atoms in total. The first-order valence-electron chi connectivity index (χ1n) is 7.86. The van der Waals surface area contributed by atoms with Crippen LogP contribution < -0.4 is 10.6 Å². The molecular weight excluding hydrogens is 370 g/mol. The normalized spacial score (nSPS) is 12.1. The molecule has 9 N–H and O–H groups in total. The van der Waals surface area contributed by atoms with Gasteiger partial charge in [0.15, 0.2) is 0 Å². The number of carboxylic acids is 1. The molecule has 0 spiro atoms. The molecule has 2 amide bonds. The second-order valence-corrected chi connectivity index (χ2v) is 6.14. The van der Waals surface area contributed by atoms with Crippen LogP contribution in [-0.2, 0) is 14.4 Å². The maximum absolute atomic E-state index is 12.0. The Morgan fingerprint density at radius 3 is 1.15 bits per heavy atom. The third kappa shape index (κ3) is 8.13. The number of carboxylic acid groups (broad SMARTS) is 1. The zero-order valence-electron chi connectivity index (χ0n) is 14.7. The summed E-state index contributed by atoms with van der Waals surface area (Å²) >= 11 is 0. The third-order valence-electron chi connectivity index (χ3n) is 3.72. The van der Waals surface area contributed by atoms with Crippen LogP contribution in [-0.4, -0.2) is 129 Å². The number of rotatable bonds is 14. The van der Waals surface area contributed by atoms with Crippen LogP contribution in [0.2, 0.25) is 0 Å². The Morgan fingerprint density at radius 1 is 0.630 bits per heavy atom. The number of amides is 2. The van der Waals surface area contributed by atoms with E-state index in [0.29, 0.717) is 0 Å². The Hall–Kier alpha value is -1.87. The highest BCUT2D eigenvalue weighted by molar-refractivity contribution is 5.83. The largest absolute Gasteiger partial charge is 0.480 e. The van der Waals surface area contributed by atoms with E-state index in [1.54, 1.807) is 0 Å². The molecule has 13 heteroatoms. The molecule has 0 rings (SSSR count). The van der Waals surface area contributed by atoms with Crippen LogP contribution in [0.25, 0.3) is 0 Å². The van der Waals surface area contributed by atoms with Crippen molar-refractivity contribution in [2.75, 3.05) is 59.3 Å². The molecule has 0 aromatic heterocycles. The molecule has 0 atom stereocenters. The molecule has 0 unspecified atom stereocenters. The van der Waals surface area contributed by atoms with E-state index < -0.39 is 88.1 Å². The van der Waals surface area contributed by atoms with E-state index in [0.717, 1.165) is 4.90 Å². The van der Waals surface area contributed by atoms with Gasteiger partial charge in [-0.3, -0.25) is 19.3 Å². The lowest BCUT2D eigenvalue weighted by atomic mass is 10.0. The van der Waals surface area contributed by atoms with Crippen molar-refractivity contribution >= 4 is 17.8 Å². The summed E-state index contributed by atoms with van der Waals surface area (Å²) in [5.74, 6) is -3.11. The minimum atomic E-state index is -1.71. The maximum atomic E-state index is 12.0. The van der Waals surface area contributed by atoms with Crippen LogP contribution in [0.15, 0.2) is 0 Å². The molecule has 0 heterocycles. The molecule has 0 aliphatic heterocycles. The summed E-state index contributed by atoms with van der Waals surface area (Å²) in [6.45, 7) is -6.68. The van der Waals surface area contributed by atoms with Gasteiger partial charge in [-0.05, 0) is 0 Å². The molecule has 0 radical (unpaired) electrons. The predicted molar refractivity (Wildman–Crippen MR) is 88.3 cm³/mol. The summed E-state index contributed by atoms with van der Waals surface area (Å²) in [4.78, 5) is 35.9. The van der Waals surface area contributed by atoms with E-state index in [-0.39, 0.29) is 0 Å². The number of aliphatic hydroxyl groups excluding tert-OH is 6. The van der Waals surface area contributed by atoms with Gasteiger partial charge in [-0.25, -0.2) is 0 Å². The Labute approximate surface area is 154 Å². The van der Waals surface area contributed by atoms with Crippen molar-refractivity contribution in [3.63, 3.8) is 0 Å². The lowest BCUT2D eigenvalue weighted by Crippen LogP contribution is -2.60. The van der Waals surface area contributed by atoms with Crippen LogP contribution in [0.3, 0.4) is 0 Å². The third-order valence-corrected chi connectivity index (χ3v) is 3.72. The highest BCUT2D eigenvalue weighted by atomic mass is 16.4. The monoisotopic (exact) mass is 397 g/mol. The van der Waals surface area contributed by atoms with E-state index >= 15 is 0 Å². The SMILES string of the molecule is O=C(O)CN(CC(=O)NC(CO)(CO)CO)CC(=O)NC(CO)(CO)CO. The molecule has 0 fully saturated rings. The quantitative estimate of drug-likeness (QED) is 0.134. The molecule has 0 aromatic carbocycles. The van der Waals surface area contributed by atoms with Gasteiger partial charge in [0.05, 0.1) is 59.3 Å². The fourth-order valence-electron chi connectivity index (χ4n) is 1.97. The van der Waals surface area contributed by atoms with Gasteiger partial charge in [-0.15, -0.1) is 0 Å². The molecular formula is C14H27N3O10. The van der Waals surface area contributed by atoms with Gasteiger partial charge in [-0.1, -0.05) is 0 Å². The molecule has 0 aliphatic carbocycles. The standard InChI is InChI=1S/C14H27N3O10/c18-4-13(5-19,6-20)15-10(24)1-17(3-12(26)27)2-11(25)16-14(7-21,8-22)9-23/h18-23H,1-9H2,(H,15,24)(H,16,25)(H,26,27). The Balaban J connectivity index is 5.05. The van der Waals surface area contributed by atoms with Crippen molar-refractivity contribution in [3.05, 3.63) is 0 Å². The molecule has 0 bridgehead atoms. The van der Waals surface area contributed by atoms with E-state index in [9.17, 15) is 45.0 Å². The first-order chi connectivity index (χ1) is 12.6. The maximum Gasteiger partial charge on any atom is 0.317 e. The van der Waals surface area contributed by atoms with Crippen molar-refractivity contribution in [1.82, 2.24) is 15.5 Å². The first kappa shape index (κ1) is 25.1. The minimum absolute atomic E-state index is 0.633. The van der Waals surface area contributed by atoms with Crippen molar-refractivity contribution in [1.29, 1.82) is 0 Å². The van der Waals surface area contributed by atoms with Crippen LogP contribution in [0.4, 0.5) is 0 Å². The summed E-state index contributed by atoms with van der Waals surface area (Å²) in [5, 5.41) is 68.3. The molecule has 0 saturated heterocycles. The fraction of sp³-hybridized carbons (Fsp3) is 0.786. The summed E-state index contributed by atoms with van der Waals surface area (Å²) in [6, 6.07) is 0. The molecule has 0 saturated carbocycles. The Bertz CT molecular complexity index is 441. The highest BCUT2D eigenvalue weighted by Crippen LogP contribution is 2.04. The molecule has 0 aromatic rings. The molecule has 0 aliphatic rings. The average molecular weight is 397 g/mol. The van der Waals surface area contributed by atoms with Gasteiger partial charge in [-0.2, -0.15) is 0 Å². The van der Waals surface area contributed by atoms with E-state index in [1.807, 2.05) is 0 Å². The average Bonchev–Trinajstić information content (AvgIpc) is 2.63. The van der Waals surface area contributed by atoms with Gasteiger partial charge in [0.2, 0.25) is 11.8 Å². The summed E-state index contributed by atoms with van der Waals surface area (Å²) < 4.78 is 0. The summed E-state index contributed by atoms with van der Waals surface area (Å²) in [5.41, 5.74) is -3.43. The smallest absolute Gasteiger partial charge is 0.317 e. The summed E-state index contributed by atoms with van der Waals surface area (Å²) in [6.07, 6.45) is 0. The highest BCUT2D eigenvalue weighted by Gasteiger charge is 2.32. The van der Waals surface area contributed by atoms with Crippen molar-refractivity contribution in [2.24, 2.45) is 0 Å². The topological polar surface area (TPSA) is 220 Å². The van der Waals surface area contributed by atoms with Gasteiger partial charge >= 0.3 is 5.97 Å². The van der Waals surface area contributed by atoms with Crippen LogP contribution >= 0.6 is 0 Å². The van der Waals surface area contributed by atoms with Gasteiger partial charge < -0.3 is 46.4 Å². The molecule has 158 valence electrons. The van der Waals surface area contributed by atoms with Crippen LogP contribution in [0.5, 0.6) is 0 Å². The zero-order valence-corrected chi connectivity index (χ0v) is 14.7. The van der Waals surface area contributed by atoms with Gasteiger partial charge in [0.1, 0.15) is 11.1 Å². The number of aliphatic hydroxyl groups is 6. The number of hydrogen-bond acceptors (Lipinski definition) is 10. The lowest BCUT2D eigenvalue weighted by molar-refractivity contribution is -0.139. The van der Waals surface area contributed by atoms with Gasteiger partial charge in [0, 0.05) is 0 Å². The van der Waals surface area contributed by atoms with Crippen LogP contribution in [0, 0.1) is 0 Å². The lowest BCUT2D eigenvalue weighted by Gasteiger charge is -2.31. The molecule has 27 heavy (non-hydrogen) atoms. The van der Waals surface area contributed by atoms with E-state index in [4.69, 9.17) is 5.11 Å². The number of hydrogen-bond donors (Lipinski definition) is 9. The van der Waals surface area contributed by atoms with Crippen molar-refractivity contribution in [3.8, 4) is 0 Å². The Morgan fingerprint density at radius 2 is 0.926 bits per heavy atom. The number of aliphatic carboxylic acids is 1. The Kier molecular flexibility index (Phi) is 10.9. The van der Waals surface area contributed by atoms with E-state index in [2.05, 4.69) is 10.6 Å². The first-order valence-corrected chi connectivity index (χ1v) is 7.86. The number of nitrogens with one attached hydrogen (secondary N) is 2. The predicted octanol–water partition coefficient (Wildman–Crippen LogP) is -5.96. The van der Waals surface area contributed by atoms with E-state index in [1.165, 1.54) is 0 Å². The van der Waals surface area contributed by atoms with Crippen molar-refractivity contribution in [2.45, 2.75) is 11.1 Å².